The quantitative estimate of drug-likeness (QED) is 0.441. The zero-order valence-electron chi connectivity index (χ0n) is 16.3. The van der Waals surface area contributed by atoms with Crippen molar-refractivity contribution < 1.29 is 14.4 Å². The van der Waals surface area contributed by atoms with Crippen molar-refractivity contribution in [2.45, 2.75) is 0 Å². The second-order valence-electron chi connectivity index (χ2n) is 6.43. The van der Waals surface area contributed by atoms with E-state index < -0.39 is 0 Å². The number of aromatic nitrogens is 4. The summed E-state index contributed by atoms with van der Waals surface area (Å²) in [6, 6.07) is 3.11. The lowest BCUT2D eigenvalue weighted by Crippen LogP contribution is -2.30. The van der Waals surface area contributed by atoms with Crippen molar-refractivity contribution in [3.63, 3.8) is 0 Å². The van der Waals surface area contributed by atoms with Crippen LogP contribution in [0.4, 0.5) is 11.4 Å². The summed E-state index contributed by atoms with van der Waals surface area (Å²) in [7, 11) is 5.10. The van der Waals surface area contributed by atoms with E-state index in [1.807, 2.05) is 0 Å². The first-order chi connectivity index (χ1) is 13.8. The molecule has 3 aromatic heterocycles. The second-order valence-corrected chi connectivity index (χ2v) is 6.43. The number of carbonyl (C=O) groups is 3. The van der Waals surface area contributed by atoms with Crippen LogP contribution in [0.1, 0.15) is 31.6 Å². The first-order valence-electron chi connectivity index (χ1n) is 8.71. The van der Waals surface area contributed by atoms with E-state index in [9.17, 15) is 14.4 Å². The maximum atomic E-state index is 12.6. The number of nitrogens with zero attached hydrogens (tertiary/aromatic N) is 4. The molecule has 0 saturated heterocycles. The predicted molar refractivity (Wildman–Crippen MR) is 106 cm³/mol. The zero-order chi connectivity index (χ0) is 21.1. The number of rotatable bonds is 6. The molecule has 11 nitrogen and oxygen atoms in total. The average Bonchev–Trinajstić information content (AvgIpc) is 3.34. The number of nitrogens with two attached hydrogens (primary N) is 1. The van der Waals surface area contributed by atoms with Gasteiger partial charge in [-0.05, 0) is 12.1 Å². The van der Waals surface area contributed by atoms with Gasteiger partial charge in [-0.3, -0.25) is 14.4 Å². The molecule has 0 atom stereocenters. The Balaban J connectivity index is 1.72. The van der Waals surface area contributed by atoms with Crippen molar-refractivity contribution >= 4 is 29.1 Å². The van der Waals surface area contributed by atoms with Crippen molar-refractivity contribution in [2.24, 2.45) is 26.9 Å². The molecular formula is C18H22N8O3. The molecule has 5 N–H and O–H groups in total. The van der Waals surface area contributed by atoms with Crippen LogP contribution in [0.5, 0.6) is 0 Å². The van der Waals surface area contributed by atoms with Gasteiger partial charge in [0.25, 0.3) is 17.7 Å². The fourth-order valence-electron chi connectivity index (χ4n) is 2.87. The van der Waals surface area contributed by atoms with Crippen LogP contribution in [0.15, 0.2) is 36.9 Å². The summed E-state index contributed by atoms with van der Waals surface area (Å²) in [5.74, 6) is -0.851. The van der Waals surface area contributed by atoms with Gasteiger partial charge < -0.3 is 35.4 Å². The minimum atomic E-state index is -0.388. The van der Waals surface area contributed by atoms with Crippen LogP contribution in [-0.2, 0) is 21.1 Å². The van der Waals surface area contributed by atoms with Crippen molar-refractivity contribution in [1.29, 1.82) is 0 Å². The number of anilines is 2. The number of carbonyl (C=O) groups excluding carboxylic acids is 3. The molecule has 29 heavy (non-hydrogen) atoms. The number of hydrogen-bond acceptors (Lipinski definition) is 5. The molecule has 0 fully saturated rings. The van der Waals surface area contributed by atoms with Gasteiger partial charge in [-0.15, -0.1) is 0 Å². The largest absolute Gasteiger partial charge is 0.344 e. The van der Waals surface area contributed by atoms with E-state index in [-0.39, 0.29) is 30.2 Å². The Morgan fingerprint density at radius 1 is 0.897 bits per heavy atom. The molecule has 0 aliphatic rings. The highest BCUT2D eigenvalue weighted by molar-refractivity contribution is 6.06. The molecule has 3 heterocycles. The van der Waals surface area contributed by atoms with Crippen LogP contribution in [0.2, 0.25) is 0 Å². The van der Waals surface area contributed by atoms with Gasteiger partial charge in [0, 0.05) is 45.9 Å². The molecule has 0 spiro atoms. The molecular weight excluding hydrogens is 376 g/mol. The number of imidazole rings is 1. The van der Waals surface area contributed by atoms with Gasteiger partial charge in [0.15, 0.2) is 5.82 Å². The molecule has 3 aromatic rings. The standard InChI is InChI=1S/C18H22N8O3/c1-24-5-4-20-15(24)18(29)23-12-7-14(26(3)9-12)17(28)22-11-6-13(25(2)8-11)16(27)21-10-19/h4-9H,10,19H2,1-3H3,(H,21,27)(H,22,28)(H,23,29). The minimum absolute atomic E-state index is 0.0157. The lowest BCUT2D eigenvalue weighted by atomic mass is 10.3. The molecule has 0 aliphatic heterocycles. The fraction of sp³-hybridized carbons (Fsp3) is 0.222. The normalized spacial score (nSPS) is 10.6. The van der Waals surface area contributed by atoms with Gasteiger partial charge in [-0.25, -0.2) is 4.98 Å². The first kappa shape index (κ1) is 19.9. The molecule has 0 saturated carbocycles. The molecule has 0 aliphatic carbocycles. The summed E-state index contributed by atoms with van der Waals surface area (Å²) in [6.45, 7) is 0.0157. The van der Waals surface area contributed by atoms with Gasteiger partial charge in [0.1, 0.15) is 11.4 Å². The Hall–Kier alpha value is -3.86. The number of amides is 3. The summed E-state index contributed by atoms with van der Waals surface area (Å²) in [5, 5.41) is 7.96. The van der Waals surface area contributed by atoms with Crippen LogP contribution in [0.3, 0.4) is 0 Å². The van der Waals surface area contributed by atoms with Crippen LogP contribution in [0.25, 0.3) is 0 Å². The highest BCUT2D eigenvalue weighted by Crippen LogP contribution is 2.18. The fourth-order valence-corrected chi connectivity index (χ4v) is 2.87. The topological polar surface area (TPSA) is 141 Å². The van der Waals surface area contributed by atoms with E-state index in [0.29, 0.717) is 22.8 Å². The summed E-state index contributed by atoms with van der Waals surface area (Å²) in [5.41, 5.74) is 6.93. The van der Waals surface area contributed by atoms with Crippen molar-refractivity contribution in [3.05, 3.63) is 54.1 Å². The van der Waals surface area contributed by atoms with Gasteiger partial charge in [0.2, 0.25) is 0 Å². The van der Waals surface area contributed by atoms with Crippen molar-refractivity contribution in [3.8, 4) is 0 Å². The first-order valence-corrected chi connectivity index (χ1v) is 8.71. The number of hydrogen-bond donors (Lipinski definition) is 4. The van der Waals surface area contributed by atoms with Gasteiger partial charge in [-0.1, -0.05) is 0 Å². The molecule has 0 bridgehead atoms. The molecule has 0 radical (unpaired) electrons. The Bertz CT molecular complexity index is 1070. The summed E-state index contributed by atoms with van der Waals surface area (Å²) in [4.78, 5) is 40.9. The van der Waals surface area contributed by atoms with Gasteiger partial charge in [0.05, 0.1) is 18.0 Å². The van der Waals surface area contributed by atoms with E-state index in [2.05, 4.69) is 20.9 Å². The Morgan fingerprint density at radius 3 is 1.97 bits per heavy atom. The number of aryl methyl sites for hydroxylation is 3. The Morgan fingerprint density at radius 2 is 1.45 bits per heavy atom. The second kappa shape index (κ2) is 8.02. The molecule has 11 heteroatoms. The molecule has 0 aromatic carbocycles. The van der Waals surface area contributed by atoms with E-state index >= 15 is 0 Å². The summed E-state index contributed by atoms with van der Waals surface area (Å²) >= 11 is 0. The highest BCUT2D eigenvalue weighted by Gasteiger charge is 2.18. The Labute approximate surface area is 166 Å². The van der Waals surface area contributed by atoms with Crippen LogP contribution in [0, 0.1) is 0 Å². The maximum absolute atomic E-state index is 12.6. The SMILES string of the molecule is Cn1cc(NC(=O)c2cc(NC(=O)c3nccn3C)cn2C)cc1C(=O)NCN. The Kier molecular flexibility index (Phi) is 5.50. The maximum Gasteiger partial charge on any atom is 0.291 e. The van der Waals surface area contributed by atoms with Crippen molar-refractivity contribution in [1.82, 2.24) is 24.0 Å². The third kappa shape index (κ3) is 4.19. The molecule has 0 unspecified atom stereocenters. The smallest absolute Gasteiger partial charge is 0.291 e. The number of nitrogens with one attached hydrogen (secondary N) is 3. The predicted octanol–water partition coefficient (Wildman–Crippen LogP) is 0.248. The van der Waals surface area contributed by atoms with Crippen LogP contribution < -0.4 is 21.7 Å². The van der Waals surface area contributed by atoms with E-state index in [4.69, 9.17) is 5.73 Å². The minimum Gasteiger partial charge on any atom is -0.344 e. The average molecular weight is 398 g/mol. The van der Waals surface area contributed by atoms with E-state index in [1.54, 1.807) is 65.6 Å². The molecule has 3 amide bonds. The van der Waals surface area contributed by atoms with Crippen molar-refractivity contribution in [2.75, 3.05) is 17.3 Å². The van der Waals surface area contributed by atoms with Gasteiger partial charge >= 0.3 is 0 Å². The summed E-state index contributed by atoms with van der Waals surface area (Å²) in [6.07, 6.45) is 6.44. The van der Waals surface area contributed by atoms with E-state index in [0.717, 1.165) is 0 Å². The lowest BCUT2D eigenvalue weighted by Gasteiger charge is -2.03. The van der Waals surface area contributed by atoms with E-state index in [1.165, 1.54) is 6.20 Å². The van der Waals surface area contributed by atoms with Crippen LogP contribution in [-0.4, -0.2) is 43.1 Å². The third-order valence-corrected chi connectivity index (χ3v) is 4.28. The molecule has 3 rings (SSSR count). The zero-order valence-corrected chi connectivity index (χ0v) is 16.3. The summed E-state index contributed by atoms with van der Waals surface area (Å²) < 4.78 is 4.78. The lowest BCUT2D eigenvalue weighted by molar-refractivity contribution is 0.0944. The van der Waals surface area contributed by atoms with Crippen LogP contribution >= 0.6 is 0 Å². The third-order valence-electron chi connectivity index (χ3n) is 4.28. The van der Waals surface area contributed by atoms with Gasteiger partial charge in [-0.2, -0.15) is 0 Å². The molecule has 152 valence electrons. The highest BCUT2D eigenvalue weighted by atomic mass is 16.2. The monoisotopic (exact) mass is 398 g/mol.